The Morgan fingerprint density at radius 2 is 2.25 bits per heavy atom. The molecule has 0 unspecified atom stereocenters. The molecule has 4 nitrogen and oxygen atoms in total. The fourth-order valence-corrected chi connectivity index (χ4v) is 2.47. The average molecular weight is 260 g/mol. The van der Waals surface area contributed by atoms with Gasteiger partial charge in [0.2, 0.25) is 0 Å². The molecule has 1 heterocycles. The van der Waals surface area contributed by atoms with Gasteiger partial charge >= 0.3 is 0 Å². The van der Waals surface area contributed by atoms with E-state index in [1.165, 1.54) is 0 Å². The number of sulfone groups is 1. The third kappa shape index (κ3) is 3.61. The largest absolute Gasteiger partial charge is 0.388 e. The summed E-state index contributed by atoms with van der Waals surface area (Å²) in [5.74, 6) is 0.402. The Labute approximate surface area is 101 Å². The van der Waals surface area contributed by atoms with E-state index in [0.717, 1.165) is 5.69 Å². The predicted octanol–water partition coefficient (Wildman–Crippen LogP) is 0.947. The maximum Gasteiger partial charge on any atom is 0.150 e. The maximum atomic E-state index is 11.3. The van der Waals surface area contributed by atoms with E-state index in [2.05, 4.69) is 0 Å². The number of rotatable bonds is 6. The van der Waals surface area contributed by atoms with Crippen molar-refractivity contribution in [1.29, 1.82) is 0 Å². The van der Waals surface area contributed by atoms with Crippen LogP contribution in [-0.2, 0) is 16.4 Å². The predicted molar refractivity (Wildman–Crippen MR) is 69.3 cm³/mol. The Morgan fingerprint density at radius 1 is 1.56 bits per heavy atom. The lowest BCUT2D eigenvalue weighted by Gasteiger charge is -2.07. The molecule has 0 aliphatic heterocycles. The van der Waals surface area contributed by atoms with Crippen LogP contribution in [0.3, 0.4) is 0 Å². The first-order valence-electron chi connectivity index (χ1n) is 5.11. The Kier molecular flexibility index (Phi) is 4.49. The highest BCUT2D eigenvalue weighted by molar-refractivity contribution is 7.91. The van der Waals surface area contributed by atoms with E-state index >= 15 is 0 Å². The molecule has 1 aromatic heterocycles. The first-order chi connectivity index (χ1) is 7.46. The van der Waals surface area contributed by atoms with Crippen molar-refractivity contribution < 1.29 is 8.42 Å². The zero-order valence-electron chi connectivity index (χ0n) is 9.22. The van der Waals surface area contributed by atoms with Crippen molar-refractivity contribution in [3.63, 3.8) is 0 Å². The quantitative estimate of drug-likeness (QED) is 0.773. The van der Waals surface area contributed by atoms with Crippen molar-refractivity contribution in [2.75, 3.05) is 11.5 Å². The summed E-state index contributed by atoms with van der Waals surface area (Å²) in [5.41, 5.74) is 6.32. The van der Waals surface area contributed by atoms with E-state index in [1.807, 2.05) is 22.9 Å². The van der Waals surface area contributed by atoms with Gasteiger partial charge in [0.15, 0.2) is 0 Å². The second-order valence-electron chi connectivity index (χ2n) is 3.54. The van der Waals surface area contributed by atoms with Crippen LogP contribution in [0.1, 0.15) is 19.0 Å². The summed E-state index contributed by atoms with van der Waals surface area (Å²) in [6.07, 6.45) is 2.44. The van der Waals surface area contributed by atoms with E-state index < -0.39 is 9.84 Å². The molecule has 0 bridgehead atoms. The average Bonchev–Trinajstić information content (AvgIpc) is 2.66. The molecule has 0 radical (unpaired) electrons. The summed E-state index contributed by atoms with van der Waals surface area (Å²) in [4.78, 5) is 0.336. The van der Waals surface area contributed by atoms with Crippen molar-refractivity contribution in [3.05, 3.63) is 24.0 Å². The molecule has 2 N–H and O–H groups in total. The van der Waals surface area contributed by atoms with Crippen LogP contribution in [0.25, 0.3) is 0 Å². The van der Waals surface area contributed by atoms with Crippen LogP contribution in [0, 0.1) is 0 Å². The Bertz CT molecular complexity index is 463. The molecule has 1 rings (SSSR count). The van der Waals surface area contributed by atoms with Gasteiger partial charge < -0.3 is 10.3 Å². The molecule has 0 aromatic carbocycles. The van der Waals surface area contributed by atoms with Crippen LogP contribution in [0.2, 0.25) is 0 Å². The Hall–Kier alpha value is -0.880. The van der Waals surface area contributed by atoms with Crippen molar-refractivity contribution >= 4 is 27.0 Å². The number of nitrogens with zero attached hydrogens (tertiary/aromatic N) is 1. The summed E-state index contributed by atoms with van der Waals surface area (Å²) < 4.78 is 24.5. The normalized spacial score (nSPS) is 11.6. The van der Waals surface area contributed by atoms with Crippen molar-refractivity contribution in [1.82, 2.24) is 4.57 Å². The highest BCUT2D eigenvalue weighted by atomic mass is 32.2. The molecule has 0 aliphatic carbocycles. The lowest BCUT2D eigenvalue weighted by atomic mass is 10.4. The Morgan fingerprint density at radius 3 is 2.81 bits per heavy atom. The molecule has 16 heavy (non-hydrogen) atoms. The van der Waals surface area contributed by atoms with Gasteiger partial charge in [-0.15, -0.1) is 0 Å². The van der Waals surface area contributed by atoms with Crippen LogP contribution in [0.5, 0.6) is 0 Å². The number of hydrogen-bond donors (Lipinski definition) is 1. The molecule has 0 atom stereocenters. The molecular formula is C10H16N2O2S2. The van der Waals surface area contributed by atoms with Gasteiger partial charge in [-0.05, 0) is 18.6 Å². The van der Waals surface area contributed by atoms with E-state index in [4.69, 9.17) is 18.0 Å². The molecular weight excluding hydrogens is 244 g/mol. The highest BCUT2D eigenvalue weighted by Crippen LogP contribution is 2.04. The number of aromatic nitrogens is 1. The van der Waals surface area contributed by atoms with Crippen LogP contribution in [0.15, 0.2) is 18.3 Å². The number of nitrogens with two attached hydrogens (primary N) is 1. The molecule has 0 spiro atoms. The third-order valence-electron chi connectivity index (χ3n) is 2.38. The molecule has 0 amide bonds. The summed E-state index contributed by atoms with van der Waals surface area (Å²) >= 11 is 4.89. The fourth-order valence-electron chi connectivity index (χ4n) is 1.43. The first-order valence-corrected chi connectivity index (χ1v) is 7.34. The first kappa shape index (κ1) is 13.2. The van der Waals surface area contributed by atoms with Gasteiger partial charge in [0, 0.05) is 18.5 Å². The molecule has 0 aliphatic rings. The summed E-state index contributed by atoms with van der Waals surface area (Å²) in [5, 5.41) is 0. The zero-order valence-corrected chi connectivity index (χ0v) is 10.9. The Balaban J connectivity index is 2.56. The maximum absolute atomic E-state index is 11.3. The second-order valence-corrected chi connectivity index (χ2v) is 6.45. The van der Waals surface area contributed by atoms with Gasteiger partial charge in [-0.3, -0.25) is 0 Å². The summed E-state index contributed by atoms with van der Waals surface area (Å²) in [7, 11) is -2.88. The number of thiocarbonyl (C=S) groups is 1. The van der Waals surface area contributed by atoms with E-state index in [-0.39, 0.29) is 11.5 Å². The van der Waals surface area contributed by atoms with Crippen molar-refractivity contribution in [2.45, 2.75) is 19.9 Å². The summed E-state index contributed by atoms with van der Waals surface area (Å²) in [6, 6.07) is 3.68. The standard InChI is InChI=1S/C10H16N2O2S2/c1-2-16(13,14)8-4-7-12-6-3-5-9(12)10(11)15/h3,5-6H,2,4,7-8H2,1H3,(H2,11,15). The summed E-state index contributed by atoms with van der Waals surface area (Å²) in [6.45, 7) is 2.28. The molecule has 1 aromatic rings. The van der Waals surface area contributed by atoms with Crippen LogP contribution >= 0.6 is 12.2 Å². The molecule has 6 heteroatoms. The molecule has 90 valence electrons. The fraction of sp³-hybridized carbons (Fsp3) is 0.500. The van der Waals surface area contributed by atoms with Gasteiger partial charge in [0.05, 0.1) is 11.4 Å². The van der Waals surface area contributed by atoms with E-state index in [1.54, 1.807) is 6.92 Å². The lowest BCUT2D eigenvalue weighted by Crippen LogP contribution is -2.17. The SMILES string of the molecule is CCS(=O)(=O)CCCn1cccc1C(N)=S. The number of hydrogen-bond acceptors (Lipinski definition) is 3. The minimum Gasteiger partial charge on any atom is -0.388 e. The van der Waals surface area contributed by atoms with Gasteiger partial charge in [0.25, 0.3) is 0 Å². The third-order valence-corrected chi connectivity index (χ3v) is 4.38. The van der Waals surface area contributed by atoms with Crippen molar-refractivity contribution in [2.24, 2.45) is 5.73 Å². The lowest BCUT2D eigenvalue weighted by molar-refractivity contribution is 0.587. The molecule has 0 saturated carbocycles. The zero-order chi connectivity index (χ0) is 12.2. The minimum absolute atomic E-state index is 0.195. The smallest absolute Gasteiger partial charge is 0.150 e. The number of aryl methyl sites for hydroxylation is 1. The van der Waals surface area contributed by atoms with Crippen LogP contribution in [-0.4, -0.2) is 29.5 Å². The second kappa shape index (κ2) is 5.45. The van der Waals surface area contributed by atoms with Gasteiger partial charge in [-0.2, -0.15) is 0 Å². The van der Waals surface area contributed by atoms with Gasteiger partial charge in [0.1, 0.15) is 14.8 Å². The highest BCUT2D eigenvalue weighted by Gasteiger charge is 2.08. The molecule has 0 saturated heterocycles. The van der Waals surface area contributed by atoms with Crippen molar-refractivity contribution in [3.8, 4) is 0 Å². The monoisotopic (exact) mass is 260 g/mol. The minimum atomic E-state index is -2.88. The van der Waals surface area contributed by atoms with Crippen LogP contribution < -0.4 is 5.73 Å². The van der Waals surface area contributed by atoms with E-state index in [0.29, 0.717) is 18.0 Å². The topological polar surface area (TPSA) is 65.1 Å². The van der Waals surface area contributed by atoms with E-state index in [9.17, 15) is 8.42 Å². The molecule has 0 fully saturated rings. The van der Waals surface area contributed by atoms with Crippen LogP contribution in [0.4, 0.5) is 0 Å². The van der Waals surface area contributed by atoms with Gasteiger partial charge in [-0.25, -0.2) is 8.42 Å². The van der Waals surface area contributed by atoms with Gasteiger partial charge in [-0.1, -0.05) is 19.1 Å².